The highest BCUT2D eigenvalue weighted by Crippen LogP contribution is 2.28. The van der Waals surface area contributed by atoms with Gasteiger partial charge in [-0.2, -0.15) is 0 Å². The van der Waals surface area contributed by atoms with Crippen LogP contribution < -0.4 is 5.32 Å². The van der Waals surface area contributed by atoms with Crippen LogP contribution in [0, 0.1) is 0 Å². The Kier molecular flexibility index (Phi) is 6.66. The molecule has 0 spiro atoms. The van der Waals surface area contributed by atoms with Crippen LogP contribution in [-0.4, -0.2) is 65.7 Å². The third kappa shape index (κ3) is 4.99. The van der Waals surface area contributed by atoms with Crippen molar-refractivity contribution in [2.75, 3.05) is 33.4 Å². The smallest absolute Gasteiger partial charge is 0.317 e. The molecule has 24 heavy (non-hydrogen) atoms. The summed E-state index contributed by atoms with van der Waals surface area (Å²) in [5.74, 6) is -0.0129. The summed E-state index contributed by atoms with van der Waals surface area (Å²) in [6.45, 7) is 3.87. The summed E-state index contributed by atoms with van der Waals surface area (Å²) in [5, 5.41) is 2.75. The fourth-order valence-corrected chi connectivity index (χ4v) is 2.61. The van der Waals surface area contributed by atoms with E-state index in [1.165, 1.54) is 4.90 Å². The molecular weight excluding hydrogens is 308 g/mol. The number of aryl methyl sites for hydroxylation is 1. The van der Waals surface area contributed by atoms with E-state index >= 15 is 0 Å². The van der Waals surface area contributed by atoms with Crippen LogP contribution in [0.4, 0.5) is 4.79 Å². The highest BCUT2D eigenvalue weighted by Gasteiger charge is 2.34. The third-order valence-corrected chi connectivity index (χ3v) is 4.20. The largest absolute Gasteiger partial charge is 0.383 e. The first-order valence-electron chi connectivity index (χ1n) is 8.48. The summed E-state index contributed by atoms with van der Waals surface area (Å²) >= 11 is 0. The Morgan fingerprint density at radius 2 is 2.17 bits per heavy atom. The number of urea groups is 1. The molecule has 1 N–H and O–H groups in total. The number of carbonyl (C=O) groups is 2. The molecule has 1 saturated carbocycles. The molecule has 0 unspecified atom stereocenters. The van der Waals surface area contributed by atoms with E-state index in [2.05, 4.69) is 5.32 Å². The van der Waals surface area contributed by atoms with Crippen molar-refractivity contribution in [3.8, 4) is 0 Å². The van der Waals surface area contributed by atoms with Gasteiger partial charge in [0.05, 0.1) is 13.2 Å². The minimum absolute atomic E-state index is 0.0129. The van der Waals surface area contributed by atoms with Gasteiger partial charge in [-0.15, -0.1) is 0 Å². The van der Waals surface area contributed by atoms with Crippen LogP contribution in [0.3, 0.4) is 0 Å². The van der Waals surface area contributed by atoms with Gasteiger partial charge in [0.15, 0.2) is 0 Å². The number of hydrogen-bond donors (Lipinski definition) is 1. The van der Waals surface area contributed by atoms with Gasteiger partial charge in [-0.1, -0.05) is 0 Å². The Labute approximate surface area is 143 Å². The lowest BCUT2D eigenvalue weighted by molar-refractivity contribution is -0.133. The van der Waals surface area contributed by atoms with Gasteiger partial charge in [-0.25, -0.2) is 4.79 Å². The molecular formula is C17H28N4O3. The summed E-state index contributed by atoms with van der Waals surface area (Å²) in [6.07, 6.45) is 4.05. The van der Waals surface area contributed by atoms with E-state index < -0.39 is 0 Å². The van der Waals surface area contributed by atoms with Gasteiger partial charge >= 0.3 is 6.03 Å². The average Bonchev–Trinajstić information content (AvgIpc) is 3.32. The average molecular weight is 336 g/mol. The Balaban J connectivity index is 2.01. The van der Waals surface area contributed by atoms with Crippen molar-refractivity contribution in [3.63, 3.8) is 0 Å². The van der Waals surface area contributed by atoms with Crippen LogP contribution in [0.15, 0.2) is 18.3 Å². The molecule has 1 heterocycles. The molecule has 0 aromatic carbocycles. The first kappa shape index (κ1) is 18.3. The molecule has 0 atom stereocenters. The summed E-state index contributed by atoms with van der Waals surface area (Å²) in [4.78, 5) is 28.4. The molecule has 134 valence electrons. The molecule has 3 amide bonds. The van der Waals surface area contributed by atoms with E-state index in [1.54, 1.807) is 7.11 Å². The van der Waals surface area contributed by atoms with Crippen LogP contribution >= 0.6 is 0 Å². The Morgan fingerprint density at radius 1 is 1.42 bits per heavy atom. The lowest BCUT2D eigenvalue weighted by Crippen LogP contribution is -2.48. The molecule has 1 aliphatic carbocycles. The Hall–Kier alpha value is -2.02. The third-order valence-electron chi connectivity index (χ3n) is 4.20. The van der Waals surface area contributed by atoms with Gasteiger partial charge in [0.1, 0.15) is 6.54 Å². The van der Waals surface area contributed by atoms with Crippen molar-refractivity contribution < 1.29 is 14.3 Å². The maximum absolute atomic E-state index is 12.8. The predicted molar refractivity (Wildman–Crippen MR) is 91.5 cm³/mol. The molecule has 7 heteroatoms. The summed E-state index contributed by atoms with van der Waals surface area (Å²) in [5.41, 5.74) is 1.09. The number of nitrogens with one attached hydrogen (secondary N) is 1. The van der Waals surface area contributed by atoms with Gasteiger partial charge in [-0.3, -0.25) is 4.79 Å². The molecule has 1 aliphatic rings. The van der Waals surface area contributed by atoms with Crippen molar-refractivity contribution in [3.05, 3.63) is 24.0 Å². The number of aromatic nitrogens is 1. The van der Waals surface area contributed by atoms with Crippen LogP contribution in [-0.2, 0) is 23.1 Å². The maximum atomic E-state index is 12.8. The van der Waals surface area contributed by atoms with Crippen molar-refractivity contribution in [2.45, 2.75) is 32.4 Å². The first-order chi connectivity index (χ1) is 11.6. The fourth-order valence-electron chi connectivity index (χ4n) is 2.61. The van der Waals surface area contributed by atoms with Gasteiger partial charge < -0.3 is 24.4 Å². The predicted octanol–water partition coefficient (Wildman–Crippen LogP) is 1.19. The monoisotopic (exact) mass is 336 g/mol. The fraction of sp³-hybridized carbons (Fsp3) is 0.647. The second kappa shape index (κ2) is 8.73. The van der Waals surface area contributed by atoms with Crippen LogP contribution in [0.5, 0.6) is 0 Å². The molecule has 1 aromatic rings. The highest BCUT2D eigenvalue weighted by molar-refractivity contribution is 5.84. The van der Waals surface area contributed by atoms with E-state index in [-0.39, 0.29) is 18.5 Å². The summed E-state index contributed by atoms with van der Waals surface area (Å²) in [7, 11) is 3.56. The molecule has 0 radical (unpaired) electrons. The lowest BCUT2D eigenvalue weighted by atomic mass is 10.3. The highest BCUT2D eigenvalue weighted by atomic mass is 16.5. The minimum Gasteiger partial charge on any atom is -0.383 e. The quantitative estimate of drug-likeness (QED) is 0.737. The number of methoxy groups -OCH3 is 1. The van der Waals surface area contributed by atoms with Crippen molar-refractivity contribution >= 4 is 11.9 Å². The number of ether oxygens (including phenoxy) is 1. The van der Waals surface area contributed by atoms with Crippen molar-refractivity contribution in [1.82, 2.24) is 19.7 Å². The van der Waals surface area contributed by atoms with Gasteiger partial charge in [0, 0.05) is 45.2 Å². The molecule has 0 bridgehead atoms. The van der Waals surface area contributed by atoms with E-state index in [0.29, 0.717) is 32.3 Å². The van der Waals surface area contributed by atoms with Crippen LogP contribution in [0.25, 0.3) is 0 Å². The Morgan fingerprint density at radius 3 is 2.71 bits per heavy atom. The van der Waals surface area contributed by atoms with E-state index in [0.717, 1.165) is 18.5 Å². The SMILES string of the molecule is CCNC(=O)N(CCOC)CC(=O)N(Cc1cccn1C)C1CC1. The molecule has 0 aliphatic heterocycles. The normalized spacial score (nSPS) is 13.6. The minimum atomic E-state index is -0.225. The van der Waals surface area contributed by atoms with E-state index in [9.17, 15) is 9.59 Å². The van der Waals surface area contributed by atoms with Crippen molar-refractivity contribution in [1.29, 1.82) is 0 Å². The zero-order valence-corrected chi connectivity index (χ0v) is 14.8. The van der Waals surface area contributed by atoms with Crippen LogP contribution in [0.1, 0.15) is 25.5 Å². The molecule has 2 rings (SSSR count). The Bertz CT molecular complexity index is 554. The standard InChI is InChI=1S/C17H28N4O3/c1-4-18-17(23)20(10-11-24-3)13-16(22)21(14-7-8-14)12-15-6-5-9-19(15)2/h5-6,9,14H,4,7-8,10-13H2,1-3H3,(H,18,23). The number of rotatable bonds is 9. The van der Waals surface area contributed by atoms with Gasteiger partial charge in [0.25, 0.3) is 0 Å². The van der Waals surface area contributed by atoms with Crippen molar-refractivity contribution in [2.24, 2.45) is 7.05 Å². The van der Waals surface area contributed by atoms with Crippen LogP contribution in [0.2, 0.25) is 0 Å². The number of hydrogen-bond acceptors (Lipinski definition) is 3. The second-order valence-electron chi connectivity index (χ2n) is 6.11. The number of amides is 3. The summed E-state index contributed by atoms with van der Waals surface area (Å²) < 4.78 is 7.08. The lowest BCUT2D eigenvalue weighted by Gasteiger charge is -2.28. The topological polar surface area (TPSA) is 66.8 Å². The molecule has 1 aromatic heterocycles. The number of carbonyl (C=O) groups excluding carboxylic acids is 2. The zero-order valence-electron chi connectivity index (χ0n) is 14.8. The number of nitrogens with zero attached hydrogens (tertiary/aromatic N) is 3. The molecule has 0 saturated heterocycles. The van der Waals surface area contributed by atoms with Gasteiger partial charge in [-0.05, 0) is 31.9 Å². The molecule has 1 fully saturated rings. The molecule has 7 nitrogen and oxygen atoms in total. The van der Waals surface area contributed by atoms with Gasteiger partial charge in [0.2, 0.25) is 5.91 Å². The maximum Gasteiger partial charge on any atom is 0.317 e. The summed E-state index contributed by atoms with van der Waals surface area (Å²) in [6, 6.07) is 4.07. The van der Waals surface area contributed by atoms with E-state index in [4.69, 9.17) is 4.74 Å². The second-order valence-corrected chi connectivity index (χ2v) is 6.11. The first-order valence-corrected chi connectivity index (χ1v) is 8.48. The zero-order chi connectivity index (χ0) is 17.5. The van der Waals surface area contributed by atoms with E-state index in [1.807, 2.05) is 41.8 Å².